The summed E-state index contributed by atoms with van der Waals surface area (Å²) >= 11 is 17.7. The highest BCUT2D eigenvalue weighted by Crippen LogP contribution is 2.31. The van der Waals surface area contributed by atoms with E-state index >= 15 is 0 Å². The van der Waals surface area contributed by atoms with E-state index in [2.05, 4.69) is 15.6 Å². The summed E-state index contributed by atoms with van der Waals surface area (Å²) in [5, 5.41) is 6.81. The van der Waals surface area contributed by atoms with Crippen LogP contribution in [0.15, 0.2) is 59.0 Å². The number of anilines is 1. The Bertz CT molecular complexity index is 1330. The first kappa shape index (κ1) is 21.3. The Hall–Kier alpha value is -2.93. The molecule has 0 radical (unpaired) electrons. The number of oxazole rings is 1. The first-order chi connectivity index (χ1) is 14.8. The van der Waals surface area contributed by atoms with Gasteiger partial charge in [0.25, 0.3) is 5.91 Å². The number of hydrogen-bond donors (Lipinski definition) is 2. The van der Waals surface area contributed by atoms with Crippen LogP contribution in [-0.2, 0) is 0 Å². The van der Waals surface area contributed by atoms with Gasteiger partial charge in [0.15, 0.2) is 10.7 Å². The van der Waals surface area contributed by atoms with Crippen molar-refractivity contribution in [2.75, 3.05) is 5.32 Å². The maximum atomic E-state index is 12.6. The number of carbonyl (C=O) groups excluding carboxylic acids is 1. The number of nitrogens with one attached hydrogen (secondary N) is 2. The van der Waals surface area contributed by atoms with Gasteiger partial charge in [-0.3, -0.25) is 10.1 Å². The van der Waals surface area contributed by atoms with Gasteiger partial charge in [-0.05, 0) is 74.1 Å². The van der Waals surface area contributed by atoms with E-state index in [1.54, 1.807) is 42.5 Å². The summed E-state index contributed by atoms with van der Waals surface area (Å²) in [5.41, 5.74) is 5.01. The fourth-order valence-corrected chi connectivity index (χ4v) is 3.70. The van der Waals surface area contributed by atoms with Gasteiger partial charge in [0, 0.05) is 16.1 Å². The number of benzene rings is 3. The van der Waals surface area contributed by atoms with Crippen LogP contribution in [0.3, 0.4) is 0 Å². The normalized spacial score (nSPS) is 10.8. The Morgan fingerprint density at radius 1 is 1.03 bits per heavy atom. The van der Waals surface area contributed by atoms with E-state index in [9.17, 15) is 4.79 Å². The SMILES string of the molecule is Cc1ccc(C(=O)NC(=S)Nc2cc(-c3nc4cc(Cl)ccc4o3)ccc2Cl)c(C)c1. The van der Waals surface area contributed by atoms with Crippen molar-refractivity contribution in [3.8, 4) is 11.5 Å². The van der Waals surface area contributed by atoms with Crippen molar-refractivity contribution in [2.24, 2.45) is 0 Å². The molecular formula is C23H17Cl2N3O2S. The van der Waals surface area contributed by atoms with Gasteiger partial charge in [-0.15, -0.1) is 0 Å². The molecule has 0 atom stereocenters. The van der Waals surface area contributed by atoms with E-state index in [0.29, 0.717) is 43.9 Å². The van der Waals surface area contributed by atoms with Gasteiger partial charge in [0.1, 0.15) is 5.52 Å². The quantitative estimate of drug-likeness (QED) is 0.333. The molecule has 1 aromatic heterocycles. The lowest BCUT2D eigenvalue weighted by Gasteiger charge is -2.13. The van der Waals surface area contributed by atoms with Gasteiger partial charge in [0.05, 0.1) is 10.7 Å². The predicted octanol–water partition coefficient (Wildman–Crippen LogP) is 6.55. The lowest BCUT2D eigenvalue weighted by molar-refractivity contribution is 0.0977. The van der Waals surface area contributed by atoms with E-state index in [1.807, 2.05) is 26.0 Å². The second kappa shape index (κ2) is 8.67. The van der Waals surface area contributed by atoms with E-state index in [1.165, 1.54) is 0 Å². The molecule has 0 fully saturated rings. The minimum absolute atomic E-state index is 0.133. The Kier molecular flexibility index (Phi) is 5.96. The van der Waals surface area contributed by atoms with E-state index in [-0.39, 0.29) is 11.0 Å². The molecule has 4 rings (SSSR count). The van der Waals surface area contributed by atoms with Crippen LogP contribution in [0.5, 0.6) is 0 Å². The smallest absolute Gasteiger partial charge is 0.257 e. The minimum atomic E-state index is -0.293. The third-order valence-electron chi connectivity index (χ3n) is 4.66. The van der Waals surface area contributed by atoms with Crippen molar-refractivity contribution in [1.82, 2.24) is 10.3 Å². The Morgan fingerprint density at radius 3 is 2.61 bits per heavy atom. The van der Waals surface area contributed by atoms with Crippen LogP contribution in [0.25, 0.3) is 22.6 Å². The van der Waals surface area contributed by atoms with Gasteiger partial charge < -0.3 is 9.73 Å². The number of aryl methyl sites for hydroxylation is 2. The summed E-state index contributed by atoms with van der Waals surface area (Å²) < 4.78 is 5.81. The van der Waals surface area contributed by atoms with Crippen molar-refractivity contribution in [3.63, 3.8) is 0 Å². The largest absolute Gasteiger partial charge is 0.436 e. The number of amides is 1. The first-order valence-electron chi connectivity index (χ1n) is 9.36. The van der Waals surface area contributed by atoms with Gasteiger partial charge in [-0.25, -0.2) is 4.98 Å². The summed E-state index contributed by atoms with van der Waals surface area (Å²) in [7, 11) is 0. The van der Waals surface area contributed by atoms with Crippen molar-refractivity contribution in [1.29, 1.82) is 0 Å². The molecule has 0 unspecified atom stereocenters. The number of nitrogens with zero attached hydrogens (tertiary/aromatic N) is 1. The van der Waals surface area contributed by atoms with Crippen molar-refractivity contribution >= 4 is 63.2 Å². The van der Waals surface area contributed by atoms with Gasteiger partial charge in [-0.2, -0.15) is 0 Å². The average molecular weight is 470 g/mol. The highest BCUT2D eigenvalue weighted by molar-refractivity contribution is 7.80. The third kappa shape index (κ3) is 4.71. The number of thiocarbonyl (C=S) groups is 1. The number of hydrogen-bond acceptors (Lipinski definition) is 4. The molecule has 0 saturated carbocycles. The zero-order valence-corrected chi connectivity index (χ0v) is 19.0. The van der Waals surface area contributed by atoms with Crippen molar-refractivity contribution in [3.05, 3.63) is 81.3 Å². The van der Waals surface area contributed by atoms with Gasteiger partial charge in [0.2, 0.25) is 5.89 Å². The topological polar surface area (TPSA) is 67.2 Å². The molecule has 8 heteroatoms. The van der Waals surface area contributed by atoms with Crippen LogP contribution in [0, 0.1) is 13.8 Å². The lowest BCUT2D eigenvalue weighted by Crippen LogP contribution is -2.34. The first-order valence-corrected chi connectivity index (χ1v) is 10.5. The Balaban J connectivity index is 1.54. The van der Waals surface area contributed by atoms with E-state index in [0.717, 1.165) is 11.1 Å². The van der Waals surface area contributed by atoms with Crippen molar-refractivity contribution < 1.29 is 9.21 Å². The zero-order valence-electron chi connectivity index (χ0n) is 16.6. The Morgan fingerprint density at radius 2 is 1.84 bits per heavy atom. The average Bonchev–Trinajstić information content (AvgIpc) is 3.12. The molecule has 0 saturated heterocycles. The fourth-order valence-electron chi connectivity index (χ4n) is 3.17. The van der Waals surface area contributed by atoms with Gasteiger partial charge >= 0.3 is 0 Å². The predicted molar refractivity (Wildman–Crippen MR) is 129 cm³/mol. The highest BCUT2D eigenvalue weighted by Gasteiger charge is 2.14. The molecule has 0 aliphatic rings. The minimum Gasteiger partial charge on any atom is -0.436 e. The fraction of sp³-hybridized carbons (Fsp3) is 0.0870. The lowest BCUT2D eigenvalue weighted by atomic mass is 10.1. The zero-order chi connectivity index (χ0) is 22.1. The maximum Gasteiger partial charge on any atom is 0.257 e. The highest BCUT2D eigenvalue weighted by atomic mass is 35.5. The molecule has 5 nitrogen and oxygen atoms in total. The molecule has 31 heavy (non-hydrogen) atoms. The maximum absolute atomic E-state index is 12.6. The summed E-state index contributed by atoms with van der Waals surface area (Å²) in [4.78, 5) is 17.0. The summed E-state index contributed by atoms with van der Waals surface area (Å²) in [6.45, 7) is 3.85. The number of aromatic nitrogens is 1. The van der Waals surface area contributed by atoms with Crippen LogP contribution in [0.1, 0.15) is 21.5 Å². The molecule has 1 amide bonds. The molecule has 4 aromatic rings. The summed E-state index contributed by atoms with van der Waals surface area (Å²) in [6.07, 6.45) is 0. The second-order valence-corrected chi connectivity index (χ2v) is 8.30. The van der Waals surface area contributed by atoms with Crippen LogP contribution in [0.2, 0.25) is 10.0 Å². The molecule has 2 N–H and O–H groups in total. The molecule has 0 spiro atoms. The molecule has 1 heterocycles. The van der Waals surface area contributed by atoms with E-state index in [4.69, 9.17) is 39.8 Å². The number of halogens is 2. The summed E-state index contributed by atoms with van der Waals surface area (Å²) in [6, 6.07) is 16.1. The van der Waals surface area contributed by atoms with Crippen LogP contribution in [-0.4, -0.2) is 16.0 Å². The summed E-state index contributed by atoms with van der Waals surface area (Å²) in [5.74, 6) is 0.125. The Labute approximate surface area is 194 Å². The van der Waals surface area contributed by atoms with Gasteiger partial charge in [-0.1, -0.05) is 40.9 Å². The number of carbonyl (C=O) groups is 1. The van der Waals surface area contributed by atoms with Crippen LogP contribution < -0.4 is 10.6 Å². The molecular weight excluding hydrogens is 453 g/mol. The molecule has 156 valence electrons. The van der Waals surface area contributed by atoms with Crippen LogP contribution in [0.4, 0.5) is 5.69 Å². The second-order valence-electron chi connectivity index (χ2n) is 7.05. The van der Waals surface area contributed by atoms with Crippen molar-refractivity contribution in [2.45, 2.75) is 13.8 Å². The molecule has 3 aromatic carbocycles. The van der Waals surface area contributed by atoms with Crippen LogP contribution >= 0.6 is 35.4 Å². The third-order valence-corrected chi connectivity index (χ3v) is 5.43. The molecule has 0 bridgehead atoms. The number of rotatable bonds is 3. The monoisotopic (exact) mass is 469 g/mol. The standard InChI is InChI=1S/C23H17Cl2N3O2S/c1-12-3-6-16(13(2)9-12)21(29)28-23(31)27-18-10-14(4-7-17(18)25)22-26-19-11-15(24)5-8-20(19)30-22/h3-11H,1-2H3,(H2,27,28,29,31). The van der Waals surface area contributed by atoms with E-state index < -0.39 is 0 Å². The number of fused-ring (bicyclic) bond motifs is 1. The molecule has 0 aliphatic heterocycles. The molecule has 0 aliphatic carbocycles.